The lowest BCUT2D eigenvalue weighted by Gasteiger charge is -2.14. The van der Waals surface area contributed by atoms with Crippen LogP contribution in [0, 0.1) is 6.92 Å². The van der Waals surface area contributed by atoms with Gasteiger partial charge in [0.2, 0.25) is 0 Å². The van der Waals surface area contributed by atoms with Crippen molar-refractivity contribution in [1.29, 1.82) is 0 Å². The summed E-state index contributed by atoms with van der Waals surface area (Å²) in [5.41, 5.74) is 3.81. The van der Waals surface area contributed by atoms with E-state index in [-0.39, 0.29) is 0 Å². The van der Waals surface area contributed by atoms with Gasteiger partial charge in [0.1, 0.15) is 5.82 Å². The number of anilines is 2. The fraction of sp³-hybridized carbons (Fsp3) is 0.150. The van der Waals surface area contributed by atoms with Crippen molar-refractivity contribution < 1.29 is 15.0 Å². The molecule has 0 aliphatic carbocycles. The van der Waals surface area contributed by atoms with Crippen molar-refractivity contribution in [1.82, 2.24) is 9.97 Å². The second kappa shape index (κ2) is 8.11. The zero-order chi connectivity index (χ0) is 19.4. The molecule has 6 nitrogen and oxygen atoms in total. The zero-order valence-corrected chi connectivity index (χ0v) is 15.5. The van der Waals surface area contributed by atoms with Crippen LogP contribution in [0.1, 0.15) is 22.9 Å². The molecule has 27 heavy (non-hydrogen) atoms. The predicted octanol–water partition coefficient (Wildman–Crippen LogP) is 4.10. The van der Waals surface area contributed by atoms with Crippen LogP contribution in [0.25, 0.3) is 11.4 Å². The number of benzene rings is 1. The molecule has 138 valence electrons. The lowest BCUT2D eigenvalue weighted by Crippen LogP contribution is -2.10. The van der Waals surface area contributed by atoms with Crippen LogP contribution in [0.5, 0.6) is 0 Å². The number of hydrogen-bond donors (Lipinski definition) is 3. The normalized spacial score (nSPS) is 11.8. The van der Waals surface area contributed by atoms with E-state index in [0.29, 0.717) is 23.6 Å². The Morgan fingerprint density at radius 2 is 2.04 bits per heavy atom. The number of carboxylic acids is 1. The SMILES string of the molecule is C=CCc1c(C)nc(-c2ccsc2)nc1Nc1ccc(C(O)C(=O)O)cc1. The molecule has 2 heterocycles. The highest BCUT2D eigenvalue weighted by Gasteiger charge is 2.16. The molecule has 1 aromatic carbocycles. The maximum absolute atomic E-state index is 10.9. The summed E-state index contributed by atoms with van der Waals surface area (Å²) in [6.45, 7) is 5.74. The van der Waals surface area contributed by atoms with Gasteiger partial charge in [-0.2, -0.15) is 11.3 Å². The molecule has 0 fully saturated rings. The van der Waals surface area contributed by atoms with E-state index in [0.717, 1.165) is 22.5 Å². The summed E-state index contributed by atoms with van der Waals surface area (Å²) in [7, 11) is 0. The van der Waals surface area contributed by atoms with Crippen molar-refractivity contribution in [3.8, 4) is 11.4 Å². The lowest BCUT2D eigenvalue weighted by atomic mass is 10.1. The first-order valence-corrected chi connectivity index (χ1v) is 9.22. The van der Waals surface area contributed by atoms with Crippen LogP contribution in [0.2, 0.25) is 0 Å². The topological polar surface area (TPSA) is 95.3 Å². The molecule has 2 aromatic heterocycles. The predicted molar refractivity (Wildman–Crippen MR) is 106 cm³/mol. The molecule has 3 N–H and O–H groups in total. The highest BCUT2D eigenvalue weighted by Crippen LogP contribution is 2.27. The Morgan fingerprint density at radius 3 is 2.63 bits per heavy atom. The highest BCUT2D eigenvalue weighted by molar-refractivity contribution is 7.08. The number of hydrogen-bond acceptors (Lipinski definition) is 6. The molecule has 1 atom stereocenters. The number of aromatic nitrogens is 2. The summed E-state index contributed by atoms with van der Waals surface area (Å²) in [5, 5.41) is 25.8. The largest absolute Gasteiger partial charge is 0.479 e. The Hall–Kier alpha value is -3.03. The van der Waals surface area contributed by atoms with Gasteiger partial charge in [-0.3, -0.25) is 0 Å². The molecule has 3 rings (SSSR count). The van der Waals surface area contributed by atoms with Crippen molar-refractivity contribution in [3.63, 3.8) is 0 Å². The Kier molecular flexibility index (Phi) is 5.63. The average molecular weight is 381 g/mol. The van der Waals surface area contributed by atoms with E-state index in [1.54, 1.807) is 41.7 Å². The minimum Gasteiger partial charge on any atom is -0.479 e. The van der Waals surface area contributed by atoms with Gasteiger partial charge in [-0.15, -0.1) is 6.58 Å². The first-order chi connectivity index (χ1) is 13.0. The monoisotopic (exact) mass is 381 g/mol. The molecule has 0 bridgehead atoms. The van der Waals surface area contributed by atoms with E-state index in [1.807, 2.05) is 23.8 Å². The molecule has 0 radical (unpaired) electrons. The van der Waals surface area contributed by atoms with Gasteiger partial charge >= 0.3 is 5.97 Å². The van der Waals surface area contributed by atoms with Crippen LogP contribution < -0.4 is 5.32 Å². The summed E-state index contributed by atoms with van der Waals surface area (Å²) in [6, 6.07) is 8.53. The van der Waals surface area contributed by atoms with E-state index in [1.165, 1.54) is 0 Å². The summed E-state index contributed by atoms with van der Waals surface area (Å²) in [5.74, 6) is 0.0351. The van der Waals surface area contributed by atoms with Crippen molar-refractivity contribution in [2.24, 2.45) is 0 Å². The van der Waals surface area contributed by atoms with Gasteiger partial charge in [-0.25, -0.2) is 14.8 Å². The average Bonchev–Trinajstić information content (AvgIpc) is 3.19. The van der Waals surface area contributed by atoms with Gasteiger partial charge in [-0.05, 0) is 42.5 Å². The van der Waals surface area contributed by atoms with Crippen molar-refractivity contribution in [2.75, 3.05) is 5.32 Å². The molecule has 7 heteroatoms. The maximum Gasteiger partial charge on any atom is 0.337 e. The Morgan fingerprint density at radius 1 is 1.30 bits per heavy atom. The second-order valence-corrected chi connectivity index (χ2v) is 6.73. The number of nitrogens with zero attached hydrogens (tertiary/aromatic N) is 2. The molecule has 0 aliphatic rings. The minimum atomic E-state index is -1.54. The Labute approximate surface area is 160 Å². The first kappa shape index (κ1) is 18.8. The standard InChI is InChI=1S/C20H19N3O3S/c1-3-4-16-12(2)21-18(14-9-10-27-11-14)23-19(16)22-15-7-5-13(6-8-15)17(24)20(25)26/h3,5-11,17,24H,1,4H2,2H3,(H,25,26)(H,21,22,23). The number of nitrogens with one attached hydrogen (secondary N) is 1. The van der Waals surface area contributed by atoms with Gasteiger partial charge in [0, 0.05) is 27.9 Å². The third kappa shape index (κ3) is 4.21. The molecule has 0 spiro atoms. The number of aryl methyl sites for hydroxylation is 1. The molecular formula is C20H19N3O3S. The van der Waals surface area contributed by atoms with Gasteiger partial charge < -0.3 is 15.5 Å². The summed E-state index contributed by atoms with van der Waals surface area (Å²) >= 11 is 1.58. The molecular weight excluding hydrogens is 362 g/mol. The Balaban J connectivity index is 1.95. The van der Waals surface area contributed by atoms with E-state index >= 15 is 0 Å². The van der Waals surface area contributed by atoms with E-state index in [9.17, 15) is 9.90 Å². The second-order valence-electron chi connectivity index (χ2n) is 5.95. The van der Waals surface area contributed by atoms with E-state index in [4.69, 9.17) is 5.11 Å². The maximum atomic E-state index is 10.9. The number of aliphatic hydroxyl groups is 1. The fourth-order valence-corrected chi connectivity index (χ4v) is 3.27. The number of aliphatic carboxylic acids is 1. The van der Waals surface area contributed by atoms with Crippen molar-refractivity contribution in [2.45, 2.75) is 19.4 Å². The smallest absolute Gasteiger partial charge is 0.337 e. The zero-order valence-electron chi connectivity index (χ0n) is 14.7. The minimum absolute atomic E-state index is 0.317. The number of carboxylic acid groups (broad SMARTS) is 1. The van der Waals surface area contributed by atoms with Crippen LogP contribution in [-0.2, 0) is 11.2 Å². The van der Waals surface area contributed by atoms with Crippen LogP contribution >= 0.6 is 11.3 Å². The van der Waals surface area contributed by atoms with Crippen LogP contribution in [-0.4, -0.2) is 26.2 Å². The molecule has 1 unspecified atom stereocenters. The quantitative estimate of drug-likeness (QED) is 0.533. The molecule has 0 saturated carbocycles. The van der Waals surface area contributed by atoms with E-state index < -0.39 is 12.1 Å². The van der Waals surface area contributed by atoms with Crippen molar-refractivity contribution >= 4 is 28.8 Å². The van der Waals surface area contributed by atoms with E-state index in [2.05, 4.69) is 21.9 Å². The first-order valence-electron chi connectivity index (χ1n) is 8.28. The number of allylic oxidation sites excluding steroid dienone is 1. The summed E-state index contributed by atoms with van der Waals surface area (Å²) in [6.07, 6.45) is 0.878. The number of aliphatic hydroxyl groups excluding tert-OH is 1. The summed E-state index contributed by atoms with van der Waals surface area (Å²) < 4.78 is 0. The third-order valence-corrected chi connectivity index (χ3v) is 4.75. The summed E-state index contributed by atoms with van der Waals surface area (Å²) in [4.78, 5) is 20.2. The van der Waals surface area contributed by atoms with Gasteiger partial charge in [0.25, 0.3) is 0 Å². The number of carbonyl (C=O) groups is 1. The van der Waals surface area contributed by atoms with Crippen LogP contribution in [0.4, 0.5) is 11.5 Å². The highest BCUT2D eigenvalue weighted by atomic mass is 32.1. The van der Waals surface area contributed by atoms with Gasteiger partial charge in [0.05, 0.1) is 0 Å². The number of rotatable bonds is 7. The van der Waals surface area contributed by atoms with Gasteiger partial charge in [-0.1, -0.05) is 18.2 Å². The van der Waals surface area contributed by atoms with Crippen LogP contribution in [0.3, 0.4) is 0 Å². The van der Waals surface area contributed by atoms with Crippen molar-refractivity contribution in [3.05, 3.63) is 70.6 Å². The third-order valence-electron chi connectivity index (χ3n) is 4.06. The molecule has 0 aliphatic heterocycles. The Bertz CT molecular complexity index is 953. The number of thiophene rings is 1. The molecule has 3 aromatic rings. The lowest BCUT2D eigenvalue weighted by molar-refractivity contribution is -0.146. The fourth-order valence-electron chi connectivity index (χ4n) is 2.64. The molecule has 0 saturated heterocycles. The molecule has 0 amide bonds. The van der Waals surface area contributed by atoms with Crippen LogP contribution in [0.15, 0.2) is 53.7 Å². The van der Waals surface area contributed by atoms with Gasteiger partial charge in [0.15, 0.2) is 11.9 Å².